The second-order valence-corrected chi connectivity index (χ2v) is 3.39. The van der Waals surface area contributed by atoms with E-state index in [2.05, 4.69) is 15.9 Å². The summed E-state index contributed by atoms with van der Waals surface area (Å²) in [5.74, 6) is 0.555. The molecule has 74 valence electrons. The minimum atomic E-state index is -4.19. The Morgan fingerprint density at radius 1 is 1.23 bits per heavy atom. The molecule has 0 saturated heterocycles. The number of rotatable bonds is 3. The molecule has 0 aromatic carbocycles. The first kappa shape index (κ1) is 10.6. The lowest BCUT2D eigenvalue weighted by Gasteiger charge is -2.02. The van der Waals surface area contributed by atoms with Crippen LogP contribution in [0.5, 0.6) is 0 Å². The van der Waals surface area contributed by atoms with Gasteiger partial charge >= 0.3 is 6.18 Å². The van der Waals surface area contributed by atoms with E-state index < -0.39 is 12.6 Å². The van der Waals surface area contributed by atoms with Crippen molar-refractivity contribution in [1.29, 1.82) is 0 Å². The van der Waals surface area contributed by atoms with E-state index in [-0.39, 0.29) is 5.76 Å². The number of furan rings is 1. The normalized spacial score (nSPS) is 12.0. The van der Waals surface area contributed by atoms with Gasteiger partial charge in [0.1, 0.15) is 17.9 Å². The molecule has 0 bridgehead atoms. The van der Waals surface area contributed by atoms with Crippen LogP contribution < -0.4 is 0 Å². The highest BCUT2D eigenvalue weighted by molar-refractivity contribution is 9.09. The SMILES string of the molecule is FC(F)(F)Cc1ccc(CCBr)o1. The monoisotopic (exact) mass is 256 g/mol. The third-order valence-corrected chi connectivity index (χ3v) is 1.83. The highest BCUT2D eigenvalue weighted by atomic mass is 79.9. The van der Waals surface area contributed by atoms with E-state index in [9.17, 15) is 13.2 Å². The van der Waals surface area contributed by atoms with Gasteiger partial charge in [0, 0.05) is 11.8 Å². The first-order chi connectivity index (χ1) is 6.01. The fourth-order valence-electron chi connectivity index (χ4n) is 0.942. The number of hydrogen-bond acceptors (Lipinski definition) is 1. The zero-order chi connectivity index (χ0) is 9.90. The van der Waals surface area contributed by atoms with Crippen molar-refractivity contribution in [3.8, 4) is 0 Å². The first-order valence-corrected chi connectivity index (χ1v) is 4.84. The highest BCUT2D eigenvalue weighted by Crippen LogP contribution is 2.22. The highest BCUT2D eigenvalue weighted by Gasteiger charge is 2.29. The van der Waals surface area contributed by atoms with Gasteiger partial charge in [-0.05, 0) is 12.1 Å². The van der Waals surface area contributed by atoms with Crippen molar-refractivity contribution in [2.24, 2.45) is 0 Å². The zero-order valence-electron chi connectivity index (χ0n) is 6.70. The summed E-state index contributed by atoms with van der Waals surface area (Å²) < 4.78 is 40.6. The van der Waals surface area contributed by atoms with Gasteiger partial charge in [-0.2, -0.15) is 13.2 Å². The van der Waals surface area contributed by atoms with Gasteiger partial charge in [-0.25, -0.2) is 0 Å². The molecule has 0 N–H and O–H groups in total. The Labute approximate surface area is 82.0 Å². The van der Waals surface area contributed by atoms with Gasteiger partial charge in [0.2, 0.25) is 0 Å². The topological polar surface area (TPSA) is 13.1 Å². The van der Waals surface area contributed by atoms with Crippen LogP contribution >= 0.6 is 15.9 Å². The van der Waals surface area contributed by atoms with Gasteiger partial charge in [-0.15, -0.1) is 0 Å². The largest absolute Gasteiger partial charge is 0.466 e. The van der Waals surface area contributed by atoms with Gasteiger partial charge in [-0.1, -0.05) is 15.9 Å². The lowest BCUT2D eigenvalue weighted by atomic mass is 10.3. The van der Waals surface area contributed by atoms with E-state index >= 15 is 0 Å². The van der Waals surface area contributed by atoms with Crippen molar-refractivity contribution < 1.29 is 17.6 Å². The van der Waals surface area contributed by atoms with E-state index in [1.54, 1.807) is 6.07 Å². The molecule has 0 saturated carbocycles. The summed E-state index contributed by atoms with van der Waals surface area (Å²) >= 11 is 3.17. The third kappa shape index (κ3) is 3.85. The Kier molecular flexibility index (Phi) is 3.41. The minimum absolute atomic E-state index is 0.0246. The molecule has 0 amide bonds. The smallest absolute Gasteiger partial charge is 0.396 e. The van der Waals surface area contributed by atoms with Crippen LogP contribution in [0.15, 0.2) is 16.5 Å². The molecule has 0 unspecified atom stereocenters. The molecule has 0 aliphatic rings. The Hall–Kier alpha value is -0.450. The van der Waals surface area contributed by atoms with Gasteiger partial charge in [0.15, 0.2) is 0 Å². The fourth-order valence-corrected chi connectivity index (χ4v) is 1.33. The maximum absolute atomic E-state index is 11.9. The molecule has 1 heterocycles. The van der Waals surface area contributed by atoms with Crippen LogP contribution in [0.2, 0.25) is 0 Å². The van der Waals surface area contributed by atoms with E-state index in [1.165, 1.54) is 6.07 Å². The van der Waals surface area contributed by atoms with E-state index in [0.29, 0.717) is 17.5 Å². The fraction of sp³-hybridized carbons (Fsp3) is 0.500. The maximum atomic E-state index is 11.9. The van der Waals surface area contributed by atoms with Gasteiger partial charge in [0.05, 0.1) is 0 Å². The molecule has 0 atom stereocenters. The average molecular weight is 257 g/mol. The van der Waals surface area contributed by atoms with Crippen molar-refractivity contribution in [3.05, 3.63) is 23.7 Å². The number of halogens is 4. The number of alkyl halides is 4. The van der Waals surface area contributed by atoms with Crippen LogP contribution in [0.4, 0.5) is 13.2 Å². The predicted octanol–water partition coefficient (Wildman–Crippen LogP) is 3.32. The second-order valence-electron chi connectivity index (χ2n) is 2.60. The molecule has 5 heteroatoms. The first-order valence-electron chi connectivity index (χ1n) is 3.71. The van der Waals surface area contributed by atoms with Crippen molar-refractivity contribution >= 4 is 15.9 Å². The van der Waals surface area contributed by atoms with Crippen molar-refractivity contribution in [1.82, 2.24) is 0 Å². The third-order valence-electron chi connectivity index (χ3n) is 1.43. The van der Waals surface area contributed by atoms with Crippen LogP contribution in [0.3, 0.4) is 0 Å². The van der Waals surface area contributed by atoms with Gasteiger partial charge in [-0.3, -0.25) is 0 Å². The minimum Gasteiger partial charge on any atom is -0.466 e. The quantitative estimate of drug-likeness (QED) is 0.757. The molecule has 0 spiro atoms. The molecule has 1 aromatic heterocycles. The van der Waals surface area contributed by atoms with Crippen molar-refractivity contribution in [3.63, 3.8) is 0 Å². The Balaban J connectivity index is 2.59. The lowest BCUT2D eigenvalue weighted by molar-refractivity contribution is -0.130. The van der Waals surface area contributed by atoms with Crippen LogP contribution in [-0.4, -0.2) is 11.5 Å². The molecule has 0 radical (unpaired) electrons. The summed E-state index contributed by atoms with van der Waals surface area (Å²) in [7, 11) is 0. The Morgan fingerprint density at radius 2 is 1.85 bits per heavy atom. The number of hydrogen-bond donors (Lipinski definition) is 0. The van der Waals surface area contributed by atoms with E-state index in [1.807, 2.05) is 0 Å². The molecule has 1 nitrogen and oxygen atoms in total. The molecule has 13 heavy (non-hydrogen) atoms. The van der Waals surface area contributed by atoms with E-state index in [4.69, 9.17) is 4.42 Å². The molecule has 0 fully saturated rings. The molecular formula is C8H8BrF3O. The Morgan fingerprint density at radius 3 is 2.38 bits per heavy atom. The van der Waals surface area contributed by atoms with E-state index in [0.717, 1.165) is 0 Å². The standard InChI is InChI=1S/C8H8BrF3O/c9-4-3-6-1-2-7(13-6)5-8(10,11)12/h1-2H,3-5H2. The number of aryl methyl sites for hydroxylation is 1. The summed E-state index contributed by atoms with van der Waals surface area (Å²) in [5.41, 5.74) is 0. The van der Waals surface area contributed by atoms with Crippen LogP contribution in [0.25, 0.3) is 0 Å². The van der Waals surface area contributed by atoms with Gasteiger partial charge in [0.25, 0.3) is 0 Å². The zero-order valence-corrected chi connectivity index (χ0v) is 8.28. The van der Waals surface area contributed by atoms with Crippen molar-refractivity contribution in [2.45, 2.75) is 19.0 Å². The predicted molar refractivity (Wildman–Crippen MR) is 46.0 cm³/mol. The maximum Gasteiger partial charge on any atom is 0.396 e. The lowest BCUT2D eigenvalue weighted by Crippen LogP contribution is -2.10. The molecular weight excluding hydrogens is 249 g/mol. The molecule has 1 rings (SSSR count). The Bertz CT molecular complexity index is 267. The summed E-state index contributed by atoms with van der Waals surface area (Å²) in [5, 5.41) is 0.686. The second kappa shape index (κ2) is 4.17. The van der Waals surface area contributed by atoms with Crippen LogP contribution in [-0.2, 0) is 12.8 Å². The molecule has 0 aliphatic heterocycles. The summed E-state index contributed by atoms with van der Waals surface area (Å²) in [6.07, 6.45) is -4.57. The van der Waals surface area contributed by atoms with Crippen molar-refractivity contribution in [2.75, 3.05) is 5.33 Å². The summed E-state index contributed by atoms with van der Waals surface area (Å²) in [6, 6.07) is 2.94. The molecule has 0 aliphatic carbocycles. The van der Waals surface area contributed by atoms with Crippen LogP contribution in [0.1, 0.15) is 11.5 Å². The average Bonchev–Trinajstić information content (AvgIpc) is 2.33. The van der Waals surface area contributed by atoms with Gasteiger partial charge < -0.3 is 4.42 Å². The molecule has 1 aromatic rings. The summed E-state index contributed by atoms with van der Waals surface area (Å²) in [4.78, 5) is 0. The summed E-state index contributed by atoms with van der Waals surface area (Å²) in [6.45, 7) is 0. The van der Waals surface area contributed by atoms with Crippen LogP contribution in [0, 0.1) is 0 Å².